The van der Waals surface area contributed by atoms with Crippen molar-refractivity contribution in [2.75, 3.05) is 0 Å². The maximum atomic E-state index is 3.14. The summed E-state index contributed by atoms with van der Waals surface area (Å²) in [5, 5.41) is 0. The van der Waals surface area contributed by atoms with Crippen LogP contribution in [0.5, 0.6) is 0 Å². The van der Waals surface area contributed by atoms with Crippen LogP contribution in [0.1, 0.15) is 0 Å². The Balaban J connectivity index is 2.44. The van der Waals surface area contributed by atoms with E-state index in [1.54, 1.807) is 0 Å². The third kappa shape index (κ3) is 2.48. The molecule has 0 nitrogen and oxygen atoms in total. The summed E-state index contributed by atoms with van der Waals surface area (Å²) >= 11 is 4.60. The molecule has 0 bridgehead atoms. The minimum atomic E-state index is 1.15. The summed E-state index contributed by atoms with van der Waals surface area (Å²) in [5.74, 6) is 0. The third-order valence-corrected chi connectivity index (χ3v) is 3.29. The Morgan fingerprint density at radius 1 is 0.857 bits per heavy atom. The second-order valence-electron chi connectivity index (χ2n) is 2.93. The zero-order valence-corrected chi connectivity index (χ0v) is 11.6. The van der Waals surface area contributed by atoms with Crippen molar-refractivity contribution in [3.63, 3.8) is 0 Å². The van der Waals surface area contributed by atoms with Crippen molar-refractivity contribution in [3.8, 4) is 11.1 Å². The second kappa shape index (κ2) is 4.61. The van der Waals surface area contributed by atoms with Crippen LogP contribution in [-0.4, -0.2) is 0 Å². The predicted molar refractivity (Wildman–Crippen MR) is 76.1 cm³/mol. The van der Waals surface area contributed by atoms with E-state index in [1.807, 2.05) is 6.07 Å². The fourth-order valence-electron chi connectivity index (χ4n) is 1.26. The van der Waals surface area contributed by atoms with E-state index in [-0.39, 0.29) is 0 Å². The van der Waals surface area contributed by atoms with Gasteiger partial charge in [0.2, 0.25) is 0 Å². The average molecular weight is 405 g/mol. The van der Waals surface area contributed by atoms with Crippen LogP contribution in [0.3, 0.4) is 0 Å². The number of hydrogen-bond acceptors (Lipinski definition) is 0. The lowest BCUT2D eigenvalue weighted by molar-refractivity contribution is 1.56. The summed E-state index contributed by atoms with van der Waals surface area (Å²) in [7, 11) is 0. The monoisotopic (exact) mass is 405 g/mol. The van der Waals surface area contributed by atoms with Crippen molar-refractivity contribution in [1.82, 2.24) is 0 Å². The molecule has 0 N–H and O–H groups in total. The first-order valence-electron chi connectivity index (χ1n) is 4.19. The fraction of sp³-hybridized carbons (Fsp3) is 0. The summed E-state index contributed by atoms with van der Waals surface area (Å²) in [6.45, 7) is 0. The van der Waals surface area contributed by atoms with Crippen LogP contribution >= 0.6 is 45.2 Å². The van der Waals surface area contributed by atoms with Crippen molar-refractivity contribution in [2.24, 2.45) is 0 Å². The molecule has 2 rings (SSSR count). The van der Waals surface area contributed by atoms with Gasteiger partial charge in [-0.15, -0.1) is 0 Å². The summed E-state index contributed by atoms with van der Waals surface area (Å²) in [4.78, 5) is 0. The van der Waals surface area contributed by atoms with Crippen LogP contribution in [0.4, 0.5) is 0 Å². The molecule has 0 amide bonds. The van der Waals surface area contributed by atoms with E-state index >= 15 is 0 Å². The van der Waals surface area contributed by atoms with Gasteiger partial charge in [-0.1, -0.05) is 24.3 Å². The van der Waals surface area contributed by atoms with Crippen molar-refractivity contribution < 1.29 is 0 Å². The van der Waals surface area contributed by atoms with Gasteiger partial charge in [0.25, 0.3) is 0 Å². The molecule has 0 unspecified atom stereocenters. The lowest BCUT2D eigenvalue weighted by Gasteiger charge is -2.01. The van der Waals surface area contributed by atoms with E-state index in [4.69, 9.17) is 0 Å². The molecule has 0 heterocycles. The molecule has 0 aliphatic rings. The van der Waals surface area contributed by atoms with Gasteiger partial charge in [0.05, 0.1) is 0 Å². The average Bonchev–Trinajstić information content (AvgIpc) is 2.19. The van der Waals surface area contributed by atoms with E-state index in [2.05, 4.69) is 87.6 Å². The highest BCUT2D eigenvalue weighted by atomic mass is 127. The van der Waals surface area contributed by atoms with Gasteiger partial charge in [0.15, 0.2) is 0 Å². The molecule has 69 valence electrons. The predicted octanol–water partition coefficient (Wildman–Crippen LogP) is 4.36. The Labute approximate surface area is 111 Å². The Bertz CT molecular complexity index is 432. The van der Waals surface area contributed by atoms with Gasteiger partial charge in [-0.2, -0.15) is 0 Å². The molecule has 1 radical (unpaired) electrons. The smallest absolute Gasteiger partial charge is 0.0215 e. The number of benzene rings is 2. The lowest BCUT2D eigenvalue weighted by atomic mass is 10.1. The molecule has 2 aromatic rings. The number of halogens is 2. The first-order valence-corrected chi connectivity index (χ1v) is 6.34. The molecule has 0 aliphatic carbocycles. The van der Waals surface area contributed by atoms with Crippen LogP contribution in [0.15, 0.2) is 42.5 Å². The van der Waals surface area contributed by atoms with Gasteiger partial charge >= 0.3 is 0 Å². The quantitative estimate of drug-likeness (QED) is 0.619. The van der Waals surface area contributed by atoms with Crippen molar-refractivity contribution in [1.29, 1.82) is 0 Å². The van der Waals surface area contributed by atoms with Crippen LogP contribution in [0, 0.1) is 13.2 Å². The highest BCUT2D eigenvalue weighted by Gasteiger charge is 1.97. The van der Waals surface area contributed by atoms with E-state index in [9.17, 15) is 0 Å². The van der Waals surface area contributed by atoms with E-state index in [1.165, 1.54) is 14.7 Å². The van der Waals surface area contributed by atoms with Crippen LogP contribution in [0.2, 0.25) is 0 Å². The van der Waals surface area contributed by atoms with Crippen LogP contribution in [0.25, 0.3) is 11.1 Å². The molecule has 0 fully saturated rings. The first kappa shape index (κ1) is 10.4. The Hall–Kier alpha value is -0.100. The minimum Gasteiger partial charge on any atom is -0.0537 e. The first-order chi connectivity index (χ1) is 6.75. The standard InChI is InChI=1S/C12H7I2/c13-11-6-4-9(5-7-11)10-2-1-3-12(14)8-10/h1-2,4-8H. The molecular formula is C12H7I2. The van der Waals surface area contributed by atoms with Crippen LogP contribution < -0.4 is 0 Å². The molecule has 0 spiro atoms. The molecule has 2 aromatic carbocycles. The SMILES string of the molecule is Ic1[c]ccc(-c2ccc(I)cc2)c1. The van der Waals surface area contributed by atoms with E-state index in [0.29, 0.717) is 0 Å². The summed E-state index contributed by atoms with van der Waals surface area (Å²) in [6.07, 6.45) is 0. The summed E-state index contributed by atoms with van der Waals surface area (Å²) in [6, 6.07) is 17.9. The van der Waals surface area contributed by atoms with Gasteiger partial charge in [-0.05, 0) is 80.6 Å². The summed E-state index contributed by atoms with van der Waals surface area (Å²) in [5.41, 5.74) is 2.52. The summed E-state index contributed by atoms with van der Waals surface area (Å²) < 4.78 is 2.42. The van der Waals surface area contributed by atoms with Gasteiger partial charge < -0.3 is 0 Å². The Morgan fingerprint density at radius 3 is 2.21 bits per heavy atom. The van der Waals surface area contributed by atoms with E-state index < -0.39 is 0 Å². The highest BCUT2D eigenvalue weighted by Crippen LogP contribution is 2.21. The molecule has 14 heavy (non-hydrogen) atoms. The zero-order chi connectivity index (χ0) is 9.97. The Morgan fingerprint density at radius 2 is 1.57 bits per heavy atom. The number of rotatable bonds is 1. The maximum absolute atomic E-state index is 3.14. The van der Waals surface area contributed by atoms with Crippen molar-refractivity contribution >= 4 is 45.2 Å². The Kier molecular flexibility index (Phi) is 3.43. The highest BCUT2D eigenvalue weighted by molar-refractivity contribution is 14.1. The van der Waals surface area contributed by atoms with Gasteiger partial charge in [-0.25, -0.2) is 0 Å². The molecule has 0 atom stereocenters. The van der Waals surface area contributed by atoms with Gasteiger partial charge in [0, 0.05) is 7.14 Å². The normalized spacial score (nSPS) is 10.1. The van der Waals surface area contributed by atoms with Gasteiger partial charge in [0.1, 0.15) is 0 Å². The minimum absolute atomic E-state index is 1.15. The topological polar surface area (TPSA) is 0 Å². The van der Waals surface area contributed by atoms with Crippen molar-refractivity contribution in [2.45, 2.75) is 0 Å². The fourth-order valence-corrected chi connectivity index (χ4v) is 2.13. The molecule has 0 saturated carbocycles. The molecule has 0 saturated heterocycles. The van der Waals surface area contributed by atoms with Crippen molar-refractivity contribution in [3.05, 3.63) is 55.7 Å². The molecule has 0 aromatic heterocycles. The zero-order valence-electron chi connectivity index (χ0n) is 7.30. The third-order valence-electron chi connectivity index (χ3n) is 1.94. The van der Waals surface area contributed by atoms with E-state index in [0.717, 1.165) is 3.57 Å². The second-order valence-corrected chi connectivity index (χ2v) is 5.34. The molecule has 0 aliphatic heterocycles. The molecular weight excluding hydrogens is 398 g/mol. The lowest BCUT2D eigenvalue weighted by Crippen LogP contribution is -1.79. The molecule has 2 heteroatoms. The van der Waals surface area contributed by atoms with Gasteiger partial charge in [-0.3, -0.25) is 0 Å². The van der Waals surface area contributed by atoms with Crippen LogP contribution in [-0.2, 0) is 0 Å². The maximum Gasteiger partial charge on any atom is 0.0215 e. The number of hydrogen-bond donors (Lipinski definition) is 0. The largest absolute Gasteiger partial charge is 0.0537 e.